The summed E-state index contributed by atoms with van der Waals surface area (Å²) in [6, 6.07) is 0. The van der Waals surface area contributed by atoms with Gasteiger partial charge in [0, 0.05) is 5.92 Å². The summed E-state index contributed by atoms with van der Waals surface area (Å²) >= 11 is 0. The first-order valence-electron chi connectivity index (χ1n) is 6.45. The molecule has 0 aromatic heterocycles. The van der Waals surface area contributed by atoms with Gasteiger partial charge in [0.15, 0.2) is 24.4 Å². The van der Waals surface area contributed by atoms with Crippen molar-refractivity contribution >= 4 is 11.9 Å². The summed E-state index contributed by atoms with van der Waals surface area (Å²) in [5.41, 5.74) is 1.84. The van der Waals surface area contributed by atoms with Gasteiger partial charge in [-0.2, -0.15) is 0 Å². The molecular weight excluding hydrogens is 286 g/mol. The normalized spacial score (nSPS) is 52.3. The Morgan fingerprint density at radius 3 is 2.71 bits per heavy atom. The molecule has 0 aromatic rings. The van der Waals surface area contributed by atoms with Crippen LogP contribution < -0.4 is 11.1 Å². The maximum Gasteiger partial charge on any atom is 0.338 e. The number of aliphatic imine (C=N–C) groups is 1. The molecule has 2 bridgehead atoms. The van der Waals surface area contributed by atoms with Crippen molar-refractivity contribution in [1.29, 1.82) is 0 Å². The number of esters is 1. The lowest BCUT2D eigenvalue weighted by Gasteiger charge is -2.60. The van der Waals surface area contributed by atoms with Crippen LogP contribution in [-0.2, 0) is 9.53 Å². The number of rotatable bonds is 1. The molecular formula is C11H17N3O7. The summed E-state index contributed by atoms with van der Waals surface area (Å²) in [4.78, 5) is 15.5. The smallest absolute Gasteiger partial charge is 0.338 e. The lowest BCUT2D eigenvalue weighted by molar-refractivity contribution is -0.276. The summed E-state index contributed by atoms with van der Waals surface area (Å²) < 4.78 is 4.85. The highest BCUT2D eigenvalue weighted by molar-refractivity contribution is 5.84. The van der Waals surface area contributed by atoms with Crippen molar-refractivity contribution in [3.63, 3.8) is 0 Å². The molecule has 10 heteroatoms. The molecule has 2 heterocycles. The second kappa shape index (κ2) is 4.27. The molecule has 21 heavy (non-hydrogen) atoms. The third-order valence-corrected chi connectivity index (χ3v) is 4.66. The first-order chi connectivity index (χ1) is 9.76. The molecule has 2 fully saturated rings. The highest BCUT2D eigenvalue weighted by Crippen LogP contribution is 2.48. The van der Waals surface area contributed by atoms with Crippen LogP contribution in [-0.4, -0.2) is 79.7 Å². The number of hydrogen-bond acceptors (Lipinski definition) is 10. The summed E-state index contributed by atoms with van der Waals surface area (Å²) in [5.74, 6) is -2.38. The molecule has 3 aliphatic rings. The van der Waals surface area contributed by atoms with Gasteiger partial charge >= 0.3 is 5.97 Å². The van der Waals surface area contributed by atoms with Gasteiger partial charge in [-0.25, -0.2) is 9.79 Å². The van der Waals surface area contributed by atoms with Crippen LogP contribution in [0.25, 0.3) is 0 Å². The fourth-order valence-corrected chi connectivity index (χ4v) is 3.58. The Kier molecular flexibility index (Phi) is 2.94. The number of aliphatic hydroxyl groups is 5. The Morgan fingerprint density at radius 1 is 1.43 bits per heavy atom. The third-order valence-electron chi connectivity index (χ3n) is 4.66. The van der Waals surface area contributed by atoms with E-state index < -0.39 is 54.2 Å². The van der Waals surface area contributed by atoms with Crippen molar-refractivity contribution < 1.29 is 35.1 Å². The molecule has 7 atom stereocenters. The van der Waals surface area contributed by atoms with Gasteiger partial charge in [-0.15, -0.1) is 0 Å². The zero-order valence-electron chi connectivity index (χ0n) is 10.9. The zero-order chi connectivity index (χ0) is 15.6. The lowest BCUT2D eigenvalue weighted by Crippen LogP contribution is -2.84. The summed E-state index contributed by atoms with van der Waals surface area (Å²) in [6.07, 6.45) is -6.56. The fraction of sp³-hybridized carbons (Fsp3) is 0.818. The van der Waals surface area contributed by atoms with E-state index >= 15 is 0 Å². The van der Waals surface area contributed by atoms with E-state index in [0.29, 0.717) is 0 Å². The molecule has 1 saturated heterocycles. The first-order valence-corrected chi connectivity index (χ1v) is 6.45. The van der Waals surface area contributed by atoms with Crippen LogP contribution in [0.1, 0.15) is 6.42 Å². The Bertz CT molecular complexity index is 514. The highest BCUT2D eigenvalue weighted by atomic mass is 16.6. The topological polar surface area (TPSA) is 178 Å². The Morgan fingerprint density at radius 2 is 2.10 bits per heavy atom. The first kappa shape index (κ1) is 14.5. The number of carbonyl (C=O) groups excluding carboxylic acids is 1. The van der Waals surface area contributed by atoms with E-state index in [4.69, 9.17) is 10.5 Å². The molecule has 118 valence electrons. The van der Waals surface area contributed by atoms with Crippen LogP contribution in [0.5, 0.6) is 0 Å². The second-order valence-electron chi connectivity index (χ2n) is 5.76. The zero-order valence-corrected chi connectivity index (χ0v) is 10.9. The molecule has 1 spiro atoms. The van der Waals surface area contributed by atoms with Gasteiger partial charge < -0.3 is 41.3 Å². The standard InChI is InChI=1S/C11H17N3O7/c12-9-13-7(18)3-1-10(20,2-15)6-4(16)11(3,14-9)5(17)8(19)21-6/h3-7,15-18,20H,1-2H2,(H3,12,13,14). The number of ether oxygens (including phenoxy) is 1. The molecule has 8 N–H and O–H groups in total. The van der Waals surface area contributed by atoms with Crippen LogP contribution in [0.2, 0.25) is 0 Å². The van der Waals surface area contributed by atoms with Crippen LogP contribution in [0, 0.1) is 5.92 Å². The third kappa shape index (κ3) is 1.64. The summed E-state index contributed by atoms with van der Waals surface area (Å²) in [6.45, 7) is -0.795. The molecule has 0 radical (unpaired) electrons. The van der Waals surface area contributed by atoms with Crippen molar-refractivity contribution in [2.45, 2.75) is 42.1 Å². The van der Waals surface area contributed by atoms with Crippen LogP contribution in [0.15, 0.2) is 4.99 Å². The molecule has 0 aromatic carbocycles. The Balaban J connectivity index is 2.16. The molecule has 0 amide bonds. The molecule has 1 saturated carbocycles. The quantitative estimate of drug-likeness (QED) is 0.234. The largest absolute Gasteiger partial charge is 0.454 e. The number of nitrogens with two attached hydrogens (primary N) is 1. The van der Waals surface area contributed by atoms with E-state index in [9.17, 15) is 30.3 Å². The van der Waals surface area contributed by atoms with Crippen LogP contribution in [0.3, 0.4) is 0 Å². The van der Waals surface area contributed by atoms with E-state index in [-0.39, 0.29) is 12.4 Å². The maximum absolute atomic E-state index is 11.8. The summed E-state index contributed by atoms with van der Waals surface area (Å²) in [5, 5.41) is 53.0. The average molecular weight is 303 g/mol. The molecule has 3 rings (SSSR count). The van der Waals surface area contributed by atoms with E-state index in [2.05, 4.69) is 10.3 Å². The van der Waals surface area contributed by atoms with Gasteiger partial charge in [-0.05, 0) is 6.42 Å². The van der Waals surface area contributed by atoms with Crippen LogP contribution >= 0.6 is 0 Å². The van der Waals surface area contributed by atoms with E-state index in [1.807, 2.05) is 0 Å². The van der Waals surface area contributed by atoms with Gasteiger partial charge in [0.2, 0.25) is 0 Å². The van der Waals surface area contributed by atoms with Crippen LogP contribution in [0.4, 0.5) is 0 Å². The summed E-state index contributed by atoms with van der Waals surface area (Å²) in [7, 11) is 0. The molecule has 7 unspecified atom stereocenters. The minimum Gasteiger partial charge on any atom is -0.454 e. The van der Waals surface area contributed by atoms with Crippen molar-refractivity contribution in [1.82, 2.24) is 5.32 Å². The molecule has 2 aliphatic heterocycles. The number of fused-ring (bicyclic) bond motifs is 1. The number of guanidine groups is 1. The lowest BCUT2D eigenvalue weighted by atomic mass is 9.59. The van der Waals surface area contributed by atoms with Crippen molar-refractivity contribution in [3.05, 3.63) is 0 Å². The van der Waals surface area contributed by atoms with Crippen molar-refractivity contribution in [3.8, 4) is 0 Å². The molecule has 1 aliphatic carbocycles. The Labute approximate surface area is 118 Å². The number of nitrogens with zero attached hydrogens (tertiary/aromatic N) is 1. The van der Waals surface area contributed by atoms with Gasteiger partial charge in [0.05, 0.1) is 6.61 Å². The number of carbonyl (C=O) groups is 1. The minimum absolute atomic E-state index is 0.249. The number of hydrogen-bond donors (Lipinski definition) is 7. The van der Waals surface area contributed by atoms with E-state index in [1.54, 1.807) is 0 Å². The molecule has 10 nitrogen and oxygen atoms in total. The maximum atomic E-state index is 11.8. The SMILES string of the molecule is NC1=NC(O)C2CC(O)(CO)C3OC(=O)C(O)C2(N1)C3O. The van der Waals surface area contributed by atoms with Crippen molar-refractivity contribution in [2.75, 3.05) is 6.61 Å². The minimum atomic E-state index is -1.95. The predicted octanol–water partition coefficient (Wildman–Crippen LogP) is -4.65. The van der Waals surface area contributed by atoms with Gasteiger partial charge in [0.25, 0.3) is 0 Å². The van der Waals surface area contributed by atoms with Gasteiger partial charge in [-0.3, -0.25) is 0 Å². The monoisotopic (exact) mass is 303 g/mol. The van der Waals surface area contributed by atoms with E-state index in [0.717, 1.165) is 0 Å². The average Bonchev–Trinajstić information content (AvgIpc) is 2.42. The predicted molar refractivity (Wildman–Crippen MR) is 65.5 cm³/mol. The highest BCUT2D eigenvalue weighted by Gasteiger charge is 2.71. The van der Waals surface area contributed by atoms with Gasteiger partial charge in [0.1, 0.15) is 17.2 Å². The van der Waals surface area contributed by atoms with E-state index in [1.165, 1.54) is 0 Å². The fourth-order valence-electron chi connectivity index (χ4n) is 3.58. The van der Waals surface area contributed by atoms with Gasteiger partial charge in [-0.1, -0.05) is 0 Å². The number of nitrogens with one attached hydrogen (secondary N) is 1. The Hall–Kier alpha value is -1.46. The second-order valence-corrected chi connectivity index (χ2v) is 5.76. The number of aliphatic hydroxyl groups excluding tert-OH is 4. The van der Waals surface area contributed by atoms with Crippen molar-refractivity contribution in [2.24, 2.45) is 16.6 Å².